The predicted octanol–water partition coefficient (Wildman–Crippen LogP) is 12.4. The van der Waals surface area contributed by atoms with Gasteiger partial charge in [0.25, 0.3) is 0 Å². The number of anilines is 2. The Balaban J connectivity index is 0.961. The maximum absolute atomic E-state index is 2.53. The third kappa shape index (κ3) is 4.45. The zero-order valence-corrected chi connectivity index (χ0v) is 28.7. The number of thiophene rings is 1. The van der Waals surface area contributed by atoms with Crippen LogP contribution in [0.5, 0.6) is 0 Å². The fourth-order valence-corrected chi connectivity index (χ4v) is 9.80. The minimum Gasteiger partial charge on any atom is -0.333 e. The summed E-state index contributed by atoms with van der Waals surface area (Å²) in [4.78, 5) is 3.85. The summed E-state index contributed by atoms with van der Waals surface area (Å²) >= 11 is 1.88. The summed E-state index contributed by atoms with van der Waals surface area (Å²) in [6, 6.07) is 59.0. The van der Waals surface area contributed by atoms with Gasteiger partial charge >= 0.3 is 0 Å². The van der Waals surface area contributed by atoms with E-state index in [9.17, 15) is 0 Å². The number of para-hydroxylation sites is 2. The number of hydrogen-bond donors (Lipinski definition) is 1. The van der Waals surface area contributed by atoms with Gasteiger partial charge in [-0.05, 0) is 94.9 Å². The van der Waals surface area contributed by atoms with Crippen molar-refractivity contribution in [2.45, 2.75) is 12.5 Å². The van der Waals surface area contributed by atoms with Crippen LogP contribution in [-0.4, -0.2) is 6.04 Å². The first-order valence-corrected chi connectivity index (χ1v) is 18.6. The number of fused-ring (bicyclic) bond motifs is 9. The summed E-state index contributed by atoms with van der Waals surface area (Å²) in [6.07, 6.45) is 7.82. The van der Waals surface area contributed by atoms with E-state index in [4.69, 9.17) is 0 Å². The van der Waals surface area contributed by atoms with Crippen molar-refractivity contribution in [3.8, 4) is 33.4 Å². The fourth-order valence-electron chi connectivity index (χ4n) is 8.65. The maximum atomic E-state index is 2.53. The second-order valence-corrected chi connectivity index (χ2v) is 14.9. The highest BCUT2D eigenvalue weighted by atomic mass is 32.1. The molecule has 0 fully saturated rings. The molecule has 3 aliphatic rings. The number of nitrogens with zero attached hydrogens (tertiary/aromatic N) is 1. The molecule has 51 heavy (non-hydrogen) atoms. The first-order valence-electron chi connectivity index (χ1n) is 17.8. The number of benzene rings is 7. The lowest BCUT2D eigenvalue weighted by atomic mass is 9.94. The molecule has 3 heterocycles. The summed E-state index contributed by atoms with van der Waals surface area (Å²) in [5, 5.41) is 2.68. The van der Waals surface area contributed by atoms with Crippen LogP contribution < -0.4 is 9.80 Å². The van der Waals surface area contributed by atoms with Gasteiger partial charge in [0.1, 0.15) is 17.1 Å². The number of rotatable bonds is 4. The molecule has 2 nitrogen and oxygen atoms in total. The van der Waals surface area contributed by atoms with Crippen LogP contribution in [0, 0.1) is 0 Å². The van der Waals surface area contributed by atoms with E-state index >= 15 is 0 Å². The van der Waals surface area contributed by atoms with Gasteiger partial charge in [0.2, 0.25) is 0 Å². The van der Waals surface area contributed by atoms with E-state index < -0.39 is 0 Å². The van der Waals surface area contributed by atoms with Crippen molar-refractivity contribution in [1.82, 2.24) is 0 Å². The first-order chi connectivity index (χ1) is 25.3. The van der Waals surface area contributed by atoms with Crippen LogP contribution in [0.3, 0.4) is 0 Å². The summed E-state index contributed by atoms with van der Waals surface area (Å²) in [5.74, 6) is 0. The van der Waals surface area contributed by atoms with Crippen molar-refractivity contribution in [3.63, 3.8) is 0 Å². The predicted molar refractivity (Wildman–Crippen MR) is 216 cm³/mol. The molecule has 3 heteroatoms. The van der Waals surface area contributed by atoms with Crippen LogP contribution in [0.15, 0.2) is 176 Å². The van der Waals surface area contributed by atoms with Crippen LogP contribution in [0.1, 0.15) is 12.0 Å². The molecule has 1 aromatic heterocycles. The van der Waals surface area contributed by atoms with Gasteiger partial charge in [0, 0.05) is 66.9 Å². The molecule has 7 aromatic carbocycles. The zero-order valence-electron chi connectivity index (χ0n) is 27.9. The van der Waals surface area contributed by atoms with Gasteiger partial charge in [-0.1, -0.05) is 91.0 Å². The zero-order chi connectivity index (χ0) is 33.5. The Bertz CT molecular complexity index is 2730. The molecule has 240 valence electrons. The highest BCUT2D eigenvalue weighted by Crippen LogP contribution is 2.49. The van der Waals surface area contributed by atoms with Crippen LogP contribution in [0.25, 0.3) is 59.1 Å². The average Bonchev–Trinajstić information content (AvgIpc) is 3.85. The van der Waals surface area contributed by atoms with E-state index in [-0.39, 0.29) is 0 Å². The third-order valence-electron chi connectivity index (χ3n) is 11.0. The van der Waals surface area contributed by atoms with Gasteiger partial charge < -0.3 is 4.90 Å². The van der Waals surface area contributed by atoms with Gasteiger partial charge in [-0.15, -0.1) is 11.3 Å². The van der Waals surface area contributed by atoms with E-state index in [0.717, 1.165) is 6.42 Å². The maximum Gasteiger partial charge on any atom is 0.149 e. The Hall–Kier alpha value is -6.00. The molecule has 0 spiro atoms. The molecule has 0 saturated heterocycles. The van der Waals surface area contributed by atoms with Crippen LogP contribution in [0.4, 0.5) is 28.4 Å². The number of hydrogen-bond acceptors (Lipinski definition) is 2. The molecule has 11 rings (SSSR count). The SMILES string of the molecule is C1=CCC2C(=C1)c1ccc(-c3ccc4c(c3)-c3ccccc3[NH+]4c3ccc(-c4ccc5c(c4)sc4ccccc45)cc3)cc1N2c1ccccc1. The van der Waals surface area contributed by atoms with Crippen molar-refractivity contribution in [2.24, 2.45) is 0 Å². The summed E-state index contributed by atoms with van der Waals surface area (Å²) < 4.78 is 2.68. The summed E-state index contributed by atoms with van der Waals surface area (Å²) in [7, 11) is 0. The molecule has 0 saturated carbocycles. The Morgan fingerprint density at radius 2 is 1.24 bits per heavy atom. The summed E-state index contributed by atoms with van der Waals surface area (Å²) in [6.45, 7) is 0. The van der Waals surface area contributed by atoms with Gasteiger partial charge in [0.05, 0.1) is 11.6 Å². The van der Waals surface area contributed by atoms with Crippen molar-refractivity contribution < 1.29 is 4.90 Å². The average molecular weight is 670 g/mol. The van der Waals surface area contributed by atoms with E-state index in [1.54, 1.807) is 0 Å². The van der Waals surface area contributed by atoms with Crippen molar-refractivity contribution in [1.29, 1.82) is 0 Å². The Labute approximate surface area is 301 Å². The molecule has 1 aliphatic carbocycles. The van der Waals surface area contributed by atoms with Crippen LogP contribution in [0.2, 0.25) is 0 Å². The van der Waals surface area contributed by atoms with Gasteiger partial charge in [-0.3, -0.25) is 0 Å². The second kappa shape index (κ2) is 11.3. The highest BCUT2D eigenvalue weighted by molar-refractivity contribution is 7.25. The van der Waals surface area contributed by atoms with Gasteiger partial charge in [0.15, 0.2) is 0 Å². The molecule has 1 N–H and O–H groups in total. The Morgan fingerprint density at radius 1 is 0.529 bits per heavy atom. The molecule has 2 unspecified atom stereocenters. The monoisotopic (exact) mass is 669 g/mol. The molecule has 2 aliphatic heterocycles. The quantitative estimate of drug-likeness (QED) is 0.196. The van der Waals surface area contributed by atoms with Gasteiger partial charge in [-0.25, -0.2) is 4.90 Å². The fraction of sp³-hybridized carbons (Fsp3) is 0.0417. The van der Waals surface area contributed by atoms with Crippen molar-refractivity contribution in [2.75, 3.05) is 4.90 Å². The molecule has 2 atom stereocenters. The van der Waals surface area contributed by atoms with Crippen LogP contribution in [-0.2, 0) is 0 Å². The summed E-state index contributed by atoms with van der Waals surface area (Å²) in [5.41, 5.74) is 16.7. The standard InChI is InChI=1S/C48H32N2S/c1-2-10-35(11-3-1)50-43-15-7-4-12-37(43)39-25-20-33(29-46(39)50)32-22-27-45-42(28-32)38-13-5-8-16-44(38)49(45)36-23-18-31(19-24-36)34-21-26-41-40-14-6-9-17-47(40)51-48(41)30-34/h1-14,16-30,43H,15H2/p+1. The number of allylic oxidation sites excluding steroid dienone is 2. The third-order valence-corrected chi connectivity index (χ3v) is 12.2. The Morgan fingerprint density at radius 3 is 2.16 bits per heavy atom. The lowest BCUT2D eigenvalue weighted by Gasteiger charge is -2.28. The van der Waals surface area contributed by atoms with Crippen molar-refractivity contribution >= 4 is 65.5 Å². The van der Waals surface area contributed by atoms with E-state index in [1.165, 1.54) is 98.0 Å². The minimum atomic E-state index is 0.330. The highest BCUT2D eigenvalue weighted by Gasteiger charge is 2.36. The van der Waals surface area contributed by atoms with Crippen LogP contribution >= 0.6 is 11.3 Å². The molecule has 0 amide bonds. The molecular formula is C48H33N2S+. The lowest BCUT2D eigenvalue weighted by Crippen LogP contribution is -2.95. The topological polar surface area (TPSA) is 7.68 Å². The lowest BCUT2D eigenvalue weighted by molar-refractivity contribution is -0.677. The molecule has 0 radical (unpaired) electrons. The normalized spacial score (nSPS) is 16.9. The Kier molecular flexibility index (Phi) is 6.36. The molecule has 0 bridgehead atoms. The minimum absolute atomic E-state index is 0.330. The molecular weight excluding hydrogens is 637 g/mol. The number of nitrogens with one attached hydrogen (secondary N) is 1. The van der Waals surface area contributed by atoms with Crippen molar-refractivity contribution in [3.05, 3.63) is 182 Å². The smallest absolute Gasteiger partial charge is 0.149 e. The van der Waals surface area contributed by atoms with E-state index in [2.05, 4.69) is 181 Å². The van der Waals surface area contributed by atoms with Gasteiger partial charge in [-0.2, -0.15) is 0 Å². The van der Waals surface area contributed by atoms with E-state index in [0.29, 0.717) is 6.04 Å². The molecule has 8 aromatic rings. The second-order valence-electron chi connectivity index (χ2n) is 13.8. The van der Waals surface area contributed by atoms with E-state index in [1.807, 2.05) is 11.3 Å². The first kappa shape index (κ1) is 28.8. The largest absolute Gasteiger partial charge is 0.333 e. The number of quaternary nitrogens is 1.